The summed E-state index contributed by atoms with van der Waals surface area (Å²) in [5, 5.41) is 11.5. The zero-order valence-corrected chi connectivity index (χ0v) is 12.5. The van der Waals surface area contributed by atoms with Crippen molar-refractivity contribution in [2.75, 3.05) is 7.11 Å². The van der Waals surface area contributed by atoms with Crippen LogP contribution >= 0.6 is 15.9 Å². The van der Waals surface area contributed by atoms with E-state index in [9.17, 15) is 9.59 Å². The summed E-state index contributed by atoms with van der Waals surface area (Å²) >= 11 is 3.28. The molecule has 0 aliphatic rings. The number of hydrogen-bond acceptors (Lipinski definition) is 3. The van der Waals surface area contributed by atoms with Crippen LogP contribution < -0.4 is 10.1 Å². The summed E-state index contributed by atoms with van der Waals surface area (Å²) < 4.78 is 5.70. The third kappa shape index (κ3) is 3.96. The molecule has 104 valence electrons. The van der Waals surface area contributed by atoms with E-state index in [-0.39, 0.29) is 5.92 Å². The lowest BCUT2D eigenvalue weighted by molar-refractivity contribution is -0.140. The zero-order valence-electron chi connectivity index (χ0n) is 10.9. The van der Waals surface area contributed by atoms with Gasteiger partial charge in [-0.15, -0.1) is 0 Å². The first-order chi connectivity index (χ1) is 8.86. The van der Waals surface area contributed by atoms with E-state index in [1.54, 1.807) is 32.0 Å². The topological polar surface area (TPSA) is 75.6 Å². The Morgan fingerprint density at radius 3 is 2.42 bits per heavy atom. The van der Waals surface area contributed by atoms with Crippen molar-refractivity contribution in [3.05, 3.63) is 28.2 Å². The normalized spacial score (nSPS) is 12.1. The maximum atomic E-state index is 12.0. The zero-order chi connectivity index (χ0) is 14.6. The Balaban J connectivity index is 2.89. The highest BCUT2D eigenvalue weighted by atomic mass is 79.9. The number of benzene rings is 1. The molecule has 5 nitrogen and oxygen atoms in total. The summed E-state index contributed by atoms with van der Waals surface area (Å²) in [5.41, 5.74) is 0.375. The van der Waals surface area contributed by atoms with Crippen LogP contribution in [0.2, 0.25) is 0 Å². The second kappa shape index (κ2) is 6.56. The molecule has 1 rings (SSSR count). The van der Waals surface area contributed by atoms with Crippen LogP contribution in [0, 0.1) is 5.92 Å². The number of carbonyl (C=O) groups excluding carboxylic acids is 1. The lowest BCUT2D eigenvalue weighted by atomic mass is 10.0. The third-order valence-corrected chi connectivity index (χ3v) is 3.25. The van der Waals surface area contributed by atoms with Gasteiger partial charge in [0.25, 0.3) is 5.91 Å². The van der Waals surface area contributed by atoms with E-state index in [1.165, 1.54) is 7.11 Å². The molecule has 19 heavy (non-hydrogen) atoms. The van der Waals surface area contributed by atoms with Gasteiger partial charge >= 0.3 is 5.97 Å². The quantitative estimate of drug-likeness (QED) is 0.869. The smallest absolute Gasteiger partial charge is 0.326 e. The number of aliphatic carboxylic acids is 1. The lowest BCUT2D eigenvalue weighted by Gasteiger charge is -2.18. The Bertz CT molecular complexity index is 488. The van der Waals surface area contributed by atoms with Crippen molar-refractivity contribution in [3.8, 4) is 5.75 Å². The van der Waals surface area contributed by atoms with Gasteiger partial charge in [-0.25, -0.2) is 4.79 Å². The lowest BCUT2D eigenvalue weighted by Crippen LogP contribution is -2.44. The molecule has 1 amide bonds. The minimum atomic E-state index is -1.05. The first-order valence-corrected chi connectivity index (χ1v) is 6.53. The molecule has 1 atom stereocenters. The molecule has 0 saturated carbocycles. The van der Waals surface area contributed by atoms with Gasteiger partial charge < -0.3 is 15.2 Å². The summed E-state index contributed by atoms with van der Waals surface area (Å²) in [4.78, 5) is 23.0. The average molecular weight is 330 g/mol. The summed E-state index contributed by atoms with van der Waals surface area (Å²) in [6, 6.07) is 3.91. The molecule has 0 aliphatic carbocycles. The molecular weight excluding hydrogens is 314 g/mol. The van der Waals surface area contributed by atoms with E-state index < -0.39 is 17.9 Å². The Morgan fingerprint density at radius 1 is 1.37 bits per heavy atom. The maximum Gasteiger partial charge on any atom is 0.326 e. The number of halogens is 1. The predicted octanol–water partition coefficient (Wildman–Crippen LogP) is 2.30. The van der Waals surface area contributed by atoms with Crippen LogP contribution in [0.1, 0.15) is 24.2 Å². The number of methoxy groups -OCH3 is 1. The summed E-state index contributed by atoms with van der Waals surface area (Å²) in [6.07, 6.45) is 0. The highest BCUT2D eigenvalue weighted by Gasteiger charge is 2.24. The van der Waals surface area contributed by atoms with E-state index in [2.05, 4.69) is 21.2 Å². The van der Waals surface area contributed by atoms with E-state index in [1.807, 2.05) is 0 Å². The van der Waals surface area contributed by atoms with Crippen molar-refractivity contribution in [1.29, 1.82) is 0 Å². The second-order valence-electron chi connectivity index (χ2n) is 4.38. The van der Waals surface area contributed by atoms with E-state index in [0.717, 1.165) is 0 Å². The second-order valence-corrected chi connectivity index (χ2v) is 5.24. The van der Waals surface area contributed by atoms with E-state index in [4.69, 9.17) is 9.84 Å². The highest BCUT2D eigenvalue weighted by Crippen LogP contribution is 2.25. The number of rotatable bonds is 5. The van der Waals surface area contributed by atoms with Gasteiger partial charge in [-0.3, -0.25) is 4.79 Å². The fourth-order valence-corrected chi connectivity index (χ4v) is 2.09. The van der Waals surface area contributed by atoms with Crippen LogP contribution in [0.15, 0.2) is 22.7 Å². The van der Waals surface area contributed by atoms with Gasteiger partial charge in [0.1, 0.15) is 11.8 Å². The molecule has 6 heteroatoms. The highest BCUT2D eigenvalue weighted by molar-refractivity contribution is 9.10. The Labute approximate surface area is 120 Å². The first kappa shape index (κ1) is 15.5. The first-order valence-electron chi connectivity index (χ1n) is 5.74. The van der Waals surface area contributed by atoms with Crippen molar-refractivity contribution in [3.63, 3.8) is 0 Å². The minimum Gasteiger partial charge on any atom is -0.496 e. The van der Waals surface area contributed by atoms with Crippen molar-refractivity contribution >= 4 is 27.8 Å². The van der Waals surface area contributed by atoms with E-state index in [0.29, 0.717) is 15.8 Å². The third-order valence-electron chi connectivity index (χ3n) is 2.63. The SMILES string of the molecule is COc1ccc(C(=O)NC(C(=O)O)C(C)C)cc1Br. The number of carboxylic acid groups (broad SMARTS) is 1. The number of carbonyl (C=O) groups is 2. The number of carboxylic acids is 1. The number of ether oxygens (including phenoxy) is 1. The minimum absolute atomic E-state index is 0.192. The molecular formula is C13H16BrNO4. The van der Waals surface area contributed by atoms with Crippen LogP contribution in [-0.2, 0) is 4.79 Å². The molecule has 0 bridgehead atoms. The van der Waals surface area contributed by atoms with Gasteiger partial charge in [0.05, 0.1) is 11.6 Å². The van der Waals surface area contributed by atoms with Crippen LogP contribution in [-0.4, -0.2) is 30.1 Å². The molecule has 0 fully saturated rings. The summed E-state index contributed by atoms with van der Waals surface area (Å²) in [6.45, 7) is 3.48. The van der Waals surface area contributed by atoms with Gasteiger partial charge in [0, 0.05) is 5.56 Å². The molecule has 2 N–H and O–H groups in total. The van der Waals surface area contributed by atoms with Gasteiger partial charge in [-0.2, -0.15) is 0 Å². The van der Waals surface area contributed by atoms with Crippen molar-refractivity contribution in [1.82, 2.24) is 5.32 Å². The maximum absolute atomic E-state index is 12.0. The van der Waals surface area contributed by atoms with E-state index >= 15 is 0 Å². The van der Waals surface area contributed by atoms with Crippen molar-refractivity contribution < 1.29 is 19.4 Å². The van der Waals surface area contributed by atoms with Gasteiger partial charge in [0.2, 0.25) is 0 Å². The molecule has 0 spiro atoms. The van der Waals surface area contributed by atoms with Gasteiger partial charge in [0.15, 0.2) is 0 Å². The fraction of sp³-hybridized carbons (Fsp3) is 0.385. The van der Waals surface area contributed by atoms with Crippen LogP contribution in [0.4, 0.5) is 0 Å². The molecule has 0 heterocycles. The molecule has 1 aromatic rings. The average Bonchev–Trinajstić information content (AvgIpc) is 2.34. The van der Waals surface area contributed by atoms with Crippen LogP contribution in [0.25, 0.3) is 0 Å². The molecule has 0 aliphatic heterocycles. The Kier molecular flexibility index (Phi) is 5.35. The van der Waals surface area contributed by atoms with Gasteiger partial charge in [-0.05, 0) is 40.0 Å². The largest absolute Gasteiger partial charge is 0.496 e. The molecule has 1 unspecified atom stereocenters. The number of nitrogens with one attached hydrogen (secondary N) is 1. The monoisotopic (exact) mass is 329 g/mol. The predicted molar refractivity (Wildman–Crippen MR) is 74.4 cm³/mol. The molecule has 0 saturated heterocycles. The van der Waals surface area contributed by atoms with Crippen molar-refractivity contribution in [2.45, 2.75) is 19.9 Å². The number of amides is 1. The van der Waals surface area contributed by atoms with Gasteiger partial charge in [-0.1, -0.05) is 13.8 Å². The molecule has 0 radical (unpaired) electrons. The standard InChI is InChI=1S/C13H16BrNO4/c1-7(2)11(13(17)18)15-12(16)8-4-5-10(19-3)9(14)6-8/h4-7,11H,1-3H3,(H,15,16)(H,17,18). The van der Waals surface area contributed by atoms with Crippen LogP contribution in [0.3, 0.4) is 0 Å². The molecule has 0 aromatic heterocycles. The molecule has 1 aromatic carbocycles. The summed E-state index contributed by atoms with van der Waals surface area (Å²) in [7, 11) is 1.53. The van der Waals surface area contributed by atoms with Crippen molar-refractivity contribution in [2.24, 2.45) is 5.92 Å². The number of hydrogen-bond donors (Lipinski definition) is 2. The Morgan fingerprint density at radius 2 is 2.00 bits per heavy atom. The van der Waals surface area contributed by atoms with Crippen LogP contribution in [0.5, 0.6) is 5.75 Å². The fourth-order valence-electron chi connectivity index (χ4n) is 1.55. The Hall–Kier alpha value is -1.56. The summed E-state index contributed by atoms with van der Waals surface area (Å²) in [5.74, 6) is -1.06.